The van der Waals surface area contributed by atoms with Crippen molar-refractivity contribution in [2.45, 2.75) is 69.1 Å². The molecule has 0 spiro atoms. The first-order chi connectivity index (χ1) is 13.1. The fraction of sp³-hybridized carbons (Fsp3) is 0.682. The van der Waals surface area contributed by atoms with Crippen LogP contribution in [0.1, 0.15) is 56.9 Å². The van der Waals surface area contributed by atoms with E-state index >= 15 is 0 Å². The van der Waals surface area contributed by atoms with Gasteiger partial charge in [0.05, 0.1) is 19.3 Å². The average Bonchev–Trinajstić information content (AvgIpc) is 2.90. The Morgan fingerprint density at radius 1 is 1.07 bits per heavy atom. The van der Waals surface area contributed by atoms with Crippen molar-refractivity contribution in [3.8, 4) is 5.75 Å². The first-order valence-electron chi connectivity index (χ1n) is 10.5. The van der Waals surface area contributed by atoms with E-state index in [0.29, 0.717) is 31.5 Å². The Labute approximate surface area is 162 Å². The third-order valence-corrected chi connectivity index (χ3v) is 6.82. The van der Waals surface area contributed by atoms with Gasteiger partial charge in [0, 0.05) is 25.2 Å². The molecule has 1 amide bonds. The van der Waals surface area contributed by atoms with Crippen LogP contribution < -0.4 is 4.74 Å². The molecule has 5 nitrogen and oxygen atoms in total. The molecule has 3 aliphatic rings. The summed E-state index contributed by atoms with van der Waals surface area (Å²) in [6, 6.07) is 8.40. The minimum Gasteiger partial charge on any atom is -0.497 e. The molecule has 0 radical (unpaired) electrons. The van der Waals surface area contributed by atoms with Crippen molar-refractivity contribution in [2.24, 2.45) is 0 Å². The van der Waals surface area contributed by atoms with Gasteiger partial charge in [0.25, 0.3) is 0 Å². The maximum absolute atomic E-state index is 12.8. The van der Waals surface area contributed by atoms with Crippen LogP contribution in [0.4, 0.5) is 0 Å². The number of piperidine rings is 1. The zero-order valence-corrected chi connectivity index (χ0v) is 16.4. The number of rotatable bonds is 4. The minimum atomic E-state index is -0.791. The second-order valence-electron chi connectivity index (χ2n) is 8.52. The number of carbonyl (C=O) groups is 1. The number of likely N-dealkylation sites (tertiary alicyclic amines) is 1. The van der Waals surface area contributed by atoms with Crippen LogP contribution in [0.15, 0.2) is 24.3 Å². The van der Waals surface area contributed by atoms with Gasteiger partial charge in [0.15, 0.2) is 0 Å². The fourth-order valence-corrected chi connectivity index (χ4v) is 5.29. The number of hydrogen-bond donors (Lipinski definition) is 1. The van der Waals surface area contributed by atoms with Crippen LogP contribution in [-0.4, -0.2) is 59.6 Å². The quantitative estimate of drug-likeness (QED) is 0.883. The number of nitrogens with zero attached hydrogens (tertiary/aromatic N) is 2. The molecule has 3 saturated heterocycles. The van der Waals surface area contributed by atoms with Gasteiger partial charge in [-0.15, -0.1) is 0 Å². The predicted molar refractivity (Wildman–Crippen MR) is 105 cm³/mol. The van der Waals surface area contributed by atoms with Gasteiger partial charge in [-0.25, -0.2) is 0 Å². The highest BCUT2D eigenvalue weighted by Crippen LogP contribution is 2.45. The Hall–Kier alpha value is -1.59. The summed E-state index contributed by atoms with van der Waals surface area (Å²) in [4.78, 5) is 17.3. The highest BCUT2D eigenvalue weighted by Gasteiger charge is 2.48. The summed E-state index contributed by atoms with van der Waals surface area (Å²) >= 11 is 0. The van der Waals surface area contributed by atoms with E-state index in [1.807, 2.05) is 24.3 Å². The molecule has 2 unspecified atom stereocenters. The SMILES string of the molecule is COc1ccc(C2(O)CC3CCC(C2)N3CC(=O)N2CCCCCC2)cc1. The zero-order chi connectivity index (χ0) is 18.9. The monoisotopic (exact) mass is 372 g/mol. The maximum atomic E-state index is 12.8. The molecule has 0 saturated carbocycles. The van der Waals surface area contributed by atoms with E-state index in [1.54, 1.807) is 7.11 Å². The molecule has 27 heavy (non-hydrogen) atoms. The van der Waals surface area contributed by atoms with Gasteiger partial charge < -0.3 is 14.7 Å². The molecule has 0 aliphatic carbocycles. The predicted octanol–water partition coefficient (Wildman–Crippen LogP) is 2.91. The number of hydrogen-bond acceptors (Lipinski definition) is 4. The average molecular weight is 373 g/mol. The number of methoxy groups -OCH3 is 1. The largest absolute Gasteiger partial charge is 0.497 e. The lowest BCUT2D eigenvalue weighted by Gasteiger charge is -2.44. The molecule has 3 fully saturated rings. The third kappa shape index (κ3) is 3.85. The van der Waals surface area contributed by atoms with Crippen molar-refractivity contribution in [2.75, 3.05) is 26.7 Å². The molecular formula is C22H32N2O3. The van der Waals surface area contributed by atoms with Crippen LogP contribution in [0.3, 0.4) is 0 Å². The first-order valence-corrected chi connectivity index (χ1v) is 10.5. The number of aliphatic hydroxyl groups is 1. The van der Waals surface area contributed by atoms with E-state index in [2.05, 4.69) is 9.80 Å². The lowest BCUT2D eigenvalue weighted by atomic mass is 9.80. The first kappa shape index (κ1) is 18.8. The second-order valence-corrected chi connectivity index (χ2v) is 8.52. The number of amides is 1. The van der Waals surface area contributed by atoms with Crippen molar-refractivity contribution >= 4 is 5.91 Å². The maximum Gasteiger partial charge on any atom is 0.236 e. The highest BCUT2D eigenvalue weighted by molar-refractivity contribution is 5.78. The number of ether oxygens (including phenoxy) is 1. The second kappa shape index (κ2) is 7.80. The third-order valence-electron chi connectivity index (χ3n) is 6.82. The fourth-order valence-electron chi connectivity index (χ4n) is 5.29. The molecule has 5 heteroatoms. The lowest BCUT2D eigenvalue weighted by Crippen LogP contribution is -2.53. The molecule has 3 aliphatic heterocycles. The molecule has 2 bridgehead atoms. The van der Waals surface area contributed by atoms with Gasteiger partial charge in [-0.3, -0.25) is 9.69 Å². The summed E-state index contributed by atoms with van der Waals surface area (Å²) in [6.07, 6.45) is 8.34. The van der Waals surface area contributed by atoms with Gasteiger partial charge in [0.2, 0.25) is 5.91 Å². The van der Waals surface area contributed by atoms with Gasteiger partial charge in [-0.1, -0.05) is 25.0 Å². The van der Waals surface area contributed by atoms with Crippen molar-refractivity contribution in [1.82, 2.24) is 9.80 Å². The topological polar surface area (TPSA) is 53.0 Å². The summed E-state index contributed by atoms with van der Waals surface area (Å²) in [6.45, 7) is 2.35. The summed E-state index contributed by atoms with van der Waals surface area (Å²) < 4.78 is 5.24. The van der Waals surface area contributed by atoms with E-state index in [-0.39, 0.29) is 5.91 Å². The van der Waals surface area contributed by atoms with Crippen molar-refractivity contribution < 1.29 is 14.6 Å². The van der Waals surface area contributed by atoms with E-state index < -0.39 is 5.60 Å². The van der Waals surface area contributed by atoms with E-state index in [1.165, 1.54) is 12.8 Å². The highest BCUT2D eigenvalue weighted by atomic mass is 16.5. The molecule has 148 valence electrons. The van der Waals surface area contributed by atoms with Gasteiger partial charge in [-0.2, -0.15) is 0 Å². The van der Waals surface area contributed by atoms with Gasteiger partial charge in [0.1, 0.15) is 5.75 Å². The summed E-state index contributed by atoms with van der Waals surface area (Å²) in [5.74, 6) is 1.09. The number of carbonyl (C=O) groups excluding carboxylic acids is 1. The Morgan fingerprint density at radius 3 is 2.22 bits per heavy atom. The van der Waals surface area contributed by atoms with Crippen LogP contribution >= 0.6 is 0 Å². The van der Waals surface area contributed by atoms with Gasteiger partial charge >= 0.3 is 0 Å². The van der Waals surface area contributed by atoms with Crippen LogP contribution in [0.2, 0.25) is 0 Å². The van der Waals surface area contributed by atoms with E-state index in [9.17, 15) is 9.90 Å². The molecular weight excluding hydrogens is 340 g/mol. The van der Waals surface area contributed by atoms with Crippen LogP contribution in [-0.2, 0) is 10.4 Å². The Morgan fingerprint density at radius 2 is 1.67 bits per heavy atom. The van der Waals surface area contributed by atoms with Gasteiger partial charge in [-0.05, 0) is 56.2 Å². The molecule has 1 N–H and O–H groups in total. The minimum absolute atomic E-state index is 0.281. The summed E-state index contributed by atoms with van der Waals surface area (Å²) in [5.41, 5.74) is 0.180. The molecule has 1 aromatic carbocycles. The summed E-state index contributed by atoms with van der Waals surface area (Å²) in [5, 5.41) is 11.4. The van der Waals surface area contributed by atoms with Crippen molar-refractivity contribution in [1.29, 1.82) is 0 Å². The number of fused-ring (bicyclic) bond motifs is 2. The van der Waals surface area contributed by atoms with E-state index in [4.69, 9.17) is 4.74 Å². The Kier molecular flexibility index (Phi) is 5.42. The van der Waals surface area contributed by atoms with Crippen molar-refractivity contribution in [3.63, 3.8) is 0 Å². The lowest BCUT2D eigenvalue weighted by molar-refractivity contribution is -0.135. The van der Waals surface area contributed by atoms with E-state index in [0.717, 1.165) is 50.1 Å². The van der Waals surface area contributed by atoms with Crippen LogP contribution in [0, 0.1) is 0 Å². The summed E-state index contributed by atoms with van der Waals surface area (Å²) in [7, 11) is 1.66. The standard InChI is InChI=1S/C22H32N2O3/c1-27-20-10-6-17(7-11-20)22(26)14-18-8-9-19(15-22)24(18)16-21(25)23-12-4-2-3-5-13-23/h6-7,10-11,18-19,26H,2-5,8-9,12-16H2,1H3. The van der Waals surface area contributed by atoms with Crippen molar-refractivity contribution in [3.05, 3.63) is 29.8 Å². The Balaban J connectivity index is 1.43. The molecule has 2 atom stereocenters. The Bertz CT molecular complexity index is 638. The normalized spacial score (nSPS) is 31.6. The smallest absolute Gasteiger partial charge is 0.236 e. The zero-order valence-electron chi connectivity index (χ0n) is 16.4. The van der Waals surface area contributed by atoms with Crippen LogP contribution in [0.25, 0.3) is 0 Å². The molecule has 1 aromatic rings. The van der Waals surface area contributed by atoms with Crippen LogP contribution in [0.5, 0.6) is 5.75 Å². The molecule has 0 aromatic heterocycles. The molecule has 4 rings (SSSR count). The number of benzene rings is 1. The molecule has 3 heterocycles.